The van der Waals surface area contributed by atoms with Gasteiger partial charge in [0.1, 0.15) is 12.4 Å². The molecule has 0 saturated carbocycles. The van der Waals surface area contributed by atoms with Crippen molar-refractivity contribution in [3.63, 3.8) is 0 Å². The molecule has 1 aromatic carbocycles. The van der Waals surface area contributed by atoms with Crippen LogP contribution in [-0.2, 0) is 19.6 Å². The first-order valence-corrected chi connectivity index (χ1v) is 5.88. The fourth-order valence-electron chi connectivity index (χ4n) is 1.69. The summed E-state index contributed by atoms with van der Waals surface area (Å²) in [5, 5.41) is 6.98. The average Bonchev–Trinajstić information content (AvgIpc) is 2.78. The zero-order chi connectivity index (χ0) is 13.7. The highest BCUT2D eigenvalue weighted by Crippen LogP contribution is 2.04. The van der Waals surface area contributed by atoms with E-state index in [0.29, 0.717) is 13.1 Å². The Morgan fingerprint density at radius 1 is 1.10 bits per heavy atom. The minimum Gasteiger partial charge on any atom is -0.309 e. The third kappa shape index (κ3) is 5.22. The molecule has 0 bridgehead atoms. The first kappa shape index (κ1) is 16.5. The van der Waals surface area contributed by atoms with Gasteiger partial charge >= 0.3 is 0 Å². The summed E-state index contributed by atoms with van der Waals surface area (Å²) in [6.45, 7) is 0.721. The molecular formula is C13H15ClF3N3. The third-order valence-corrected chi connectivity index (χ3v) is 2.58. The Kier molecular flexibility index (Phi) is 6.54. The summed E-state index contributed by atoms with van der Waals surface area (Å²) in [4.78, 5) is 0. The summed E-state index contributed by atoms with van der Waals surface area (Å²) in [5.41, 5.74) is 1.80. The zero-order valence-corrected chi connectivity index (χ0v) is 11.4. The topological polar surface area (TPSA) is 29.9 Å². The van der Waals surface area contributed by atoms with Gasteiger partial charge in [0.15, 0.2) is 0 Å². The highest BCUT2D eigenvalue weighted by Gasteiger charge is 2.05. The lowest BCUT2D eigenvalue weighted by atomic mass is 10.2. The summed E-state index contributed by atoms with van der Waals surface area (Å²) in [6, 6.07) is 6.19. The molecular weight excluding hydrogens is 291 g/mol. The number of hydrogen-bond acceptors (Lipinski definition) is 2. The Morgan fingerprint density at radius 2 is 1.75 bits per heavy atom. The number of halogens is 4. The monoisotopic (exact) mass is 305 g/mol. The molecule has 0 atom stereocenters. The number of nitrogens with one attached hydrogen (secondary N) is 1. The molecule has 0 unspecified atom stereocenters. The molecule has 7 heteroatoms. The molecule has 1 heterocycles. The van der Waals surface area contributed by atoms with Crippen LogP contribution in [0.3, 0.4) is 0 Å². The van der Waals surface area contributed by atoms with Crippen LogP contribution in [0.15, 0.2) is 36.7 Å². The maximum atomic E-state index is 12.7. The largest absolute Gasteiger partial charge is 0.309 e. The molecule has 2 aromatic rings. The number of aromatic nitrogens is 2. The first-order valence-electron chi connectivity index (χ1n) is 5.88. The van der Waals surface area contributed by atoms with Crippen LogP contribution in [0.5, 0.6) is 0 Å². The molecule has 0 aliphatic heterocycles. The fourth-order valence-corrected chi connectivity index (χ4v) is 1.69. The Balaban J connectivity index is 0.00000200. The van der Waals surface area contributed by atoms with E-state index in [-0.39, 0.29) is 18.2 Å². The van der Waals surface area contributed by atoms with Crippen molar-refractivity contribution in [2.24, 2.45) is 0 Å². The number of hydrogen-bond donors (Lipinski definition) is 1. The Labute approximate surface area is 121 Å². The van der Waals surface area contributed by atoms with E-state index in [1.807, 2.05) is 0 Å². The first-order chi connectivity index (χ1) is 9.13. The van der Waals surface area contributed by atoms with Gasteiger partial charge < -0.3 is 5.32 Å². The predicted molar refractivity (Wildman–Crippen MR) is 72.4 cm³/mol. The van der Waals surface area contributed by atoms with Gasteiger partial charge in [0.25, 0.3) is 6.43 Å². The van der Waals surface area contributed by atoms with Gasteiger partial charge in [0.2, 0.25) is 0 Å². The predicted octanol–water partition coefficient (Wildman–Crippen LogP) is 3.00. The van der Waals surface area contributed by atoms with Gasteiger partial charge in [-0.05, 0) is 17.7 Å². The van der Waals surface area contributed by atoms with E-state index in [1.165, 1.54) is 16.8 Å². The second-order valence-electron chi connectivity index (χ2n) is 4.19. The highest BCUT2D eigenvalue weighted by molar-refractivity contribution is 5.85. The molecule has 0 saturated heterocycles. The van der Waals surface area contributed by atoms with E-state index in [9.17, 15) is 13.2 Å². The van der Waals surface area contributed by atoms with Gasteiger partial charge in [0.05, 0.1) is 6.20 Å². The highest BCUT2D eigenvalue weighted by atomic mass is 35.5. The molecule has 20 heavy (non-hydrogen) atoms. The second kappa shape index (κ2) is 7.91. The lowest BCUT2D eigenvalue weighted by Crippen LogP contribution is -2.12. The van der Waals surface area contributed by atoms with Crippen molar-refractivity contribution >= 4 is 12.4 Å². The third-order valence-electron chi connectivity index (χ3n) is 2.58. The molecule has 3 nitrogen and oxygen atoms in total. The Morgan fingerprint density at radius 3 is 2.40 bits per heavy atom. The Bertz CT molecular complexity index is 514. The molecule has 2 rings (SSSR count). The van der Waals surface area contributed by atoms with Crippen molar-refractivity contribution in [1.82, 2.24) is 15.1 Å². The Hall–Kier alpha value is -1.53. The van der Waals surface area contributed by atoms with Crippen molar-refractivity contribution in [2.75, 3.05) is 0 Å². The molecule has 0 amide bonds. The molecule has 1 N–H and O–H groups in total. The van der Waals surface area contributed by atoms with Gasteiger partial charge in [0, 0.05) is 24.8 Å². The number of benzene rings is 1. The van der Waals surface area contributed by atoms with Crippen LogP contribution in [0, 0.1) is 5.82 Å². The number of nitrogens with zero attached hydrogens (tertiary/aromatic N) is 2. The lowest BCUT2D eigenvalue weighted by Gasteiger charge is -2.03. The van der Waals surface area contributed by atoms with Crippen LogP contribution in [-0.4, -0.2) is 16.2 Å². The smallest absolute Gasteiger partial charge is 0.257 e. The number of rotatable bonds is 6. The van der Waals surface area contributed by atoms with Crippen molar-refractivity contribution in [1.29, 1.82) is 0 Å². The van der Waals surface area contributed by atoms with Crippen molar-refractivity contribution in [2.45, 2.75) is 26.1 Å². The van der Waals surface area contributed by atoms with E-state index in [1.54, 1.807) is 24.5 Å². The zero-order valence-electron chi connectivity index (χ0n) is 10.6. The van der Waals surface area contributed by atoms with Gasteiger partial charge in [-0.1, -0.05) is 12.1 Å². The minimum absolute atomic E-state index is 0. The molecule has 1 aromatic heterocycles. The minimum atomic E-state index is -2.40. The van der Waals surface area contributed by atoms with Crippen LogP contribution in [0.1, 0.15) is 11.1 Å². The molecule has 0 aliphatic rings. The van der Waals surface area contributed by atoms with Gasteiger partial charge in [-0.25, -0.2) is 13.2 Å². The SMILES string of the molecule is Cl.Fc1ccc(CNCc2cnn(CC(F)F)c2)cc1. The van der Waals surface area contributed by atoms with E-state index < -0.39 is 13.0 Å². The van der Waals surface area contributed by atoms with Crippen LogP contribution < -0.4 is 5.32 Å². The number of alkyl halides is 2. The van der Waals surface area contributed by atoms with Crippen LogP contribution in [0.2, 0.25) is 0 Å². The van der Waals surface area contributed by atoms with E-state index in [2.05, 4.69) is 10.4 Å². The molecule has 0 radical (unpaired) electrons. The van der Waals surface area contributed by atoms with Crippen molar-refractivity contribution in [3.05, 3.63) is 53.6 Å². The molecule has 110 valence electrons. The van der Waals surface area contributed by atoms with Gasteiger partial charge in [-0.2, -0.15) is 5.10 Å². The quantitative estimate of drug-likeness (QED) is 0.889. The molecule has 0 fully saturated rings. The summed E-state index contributed by atoms with van der Waals surface area (Å²) in [5.74, 6) is -0.267. The van der Waals surface area contributed by atoms with Crippen molar-refractivity contribution in [3.8, 4) is 0 Å². The summed E-state index contributed by atoms with van der Waals surface area (Å²) in [6.07, 6.45) is 0.740. The van der Waals surface area contributed by atoms with Gasteiger partial charge in [-0.15, -0.1) is 12.4 Å². The fraction of sp³-hybridized carbons (Fsp3) is 0.308. The molecule has 0 spiro atoms. The van der Waals surface area contributed by atoms with E-state index in [4.69, 9.17) is 0 Å². The normalized spacial score (nSPS) is 10.6. The van der Waals surface area contributed by atoms with Crippen molar-refractivity contribution < 1.29 is 13.2 Å². The maximum absolute atomic E-state index is 12.7. The standard InChI is InChI=1S/C13H14F3N3.ClH/c14-12-3-1-10(2-4-12)5-17-6-11-7-18-19(8-11)9-13(15)16;/h1-4,7-8,13,17H,5-6,9H2;1H. The molecule has 0 aliphatic carbocycles. The van der Waals surface area contributed by atoms with Gasteiger partial charge in [-0.3, -0.25) is 4.68 Å². The lowest BCUT2D eigenvalue weighted by molar-refractivity contribution is 0.122. The van der Waals surface area contributed by atoms with Crippen LogP contribution >= 0.6 is 12.4 Å². The summed E-state index contributed by atoms with van der Waals surface area (Å²) < 4.78 is 38.2. The maximum Gasteiger partial charge on any atom is 0.257 e. The van der Waals surface area contributed by atoms with Crippen LogP contribution in [0.4, 0.5) is 13.2 Å². The van der Waals surface area contributed by atoms with Crippen LogP contribution in [0.25, 0.3) is 0 Å². The summed E-state index contributed by atoms with van der Waals surface area (Å²) in [7, 11) is 0. The van der Waals surface area contributed by atoms with E-state index in [0.717, 1.165) is 11.1 Å². The summed E-state index contributed by atoms with van der Waals surface area (Å²) >= 11 is 0. The second-order valence-corrected chi connectivity index (χ2v) is 4.19. The average molecular weight is 306 g/mol. The van der Waals surface area contributed by atoms with E-state index >= 15 is 0 Å².